The predicted octanol–water partition coefficient (Wildman–Crippen LogP) is 22.2. The summed E-state index contributed by atoms with van der Waals surface area (Å²) in [5.74, 6) is -0.876. The van der Waals surface area contributed by atoms with E-state index < -0.39 is 6.10 Å². The first kappa shape index (κ1) is 71.4. The molecule has 432 valence electrons. The molecule has 0 fully saturated rings. The fraction of sp³-hybridized carbons (Fsp3) is 0.838. The predicted molar refractivity (Wildman–Crippen MR) is 321 cm³/mol. The molecule has 0 saturated carbocycles. The molecule has 0 aromatic rings. The molecule has 0 aliphatic heterocycles. The Morgan fingerprint density at radius 1 is 0.270 bits per heavy atom. The highest BCUT2D eigenvalue weighted by Crippen LogP contribution is 2.17. The fourth-order valence-corrected chi connectivity index (χ4v) is 9.57. The number of rotatable bonds is 60. The second-order valence-electron chi connectivity index (χ2n) is 22.0. The van der Waals surface area contributed by atoms with Gasteiger partial charge in [0.15, 0.2) is 6.10 Å². The Bertz CT molecular complexity index is 1280. The van der Waals surface area contributed by atoms with Crippen LogP contribution in [0, 0.1) is 0 Å². The van der Waals surface area contributed by atoms with Gasteiger partial charge in [0.25, 0.3) is 0 Å². The van der Waals surface area contributed by atoms with Crippen molar-refractivity contribution in [1.29, 1.82) is 0 Å². The molecule has 0 amide bonds. The molecule has 0 heterocycles. The van der Waals surface area contributed by atoms with Gasteiger partial charge in [-0.3, -0.25) is 14.4 Å². The lowest BCUT2D eigenvalue weighted by Gasteiger charge is -2.18. The molecular formula is C68H124O6. The first-order valence-corrected chi connectivity index (χ1v) is 32.6. The van der Waals surface area contributed by atoms with Crippen molar-refractivity contribution in [1.82, 2.24) is 0 Å². The third-order valence-corrected chi connectivity index (χ3v) is 14.5. The van der Waals surface area contributed by atoms with Crippen molar-refractivity contribution in [2.24, 2.45) is 0 Å². The molecule has 1 unspecified atom stereocenters. The Labute approximate surface area is 460 Å². The SMILES string of the molecule is CCCC/C=C\CCCCCCCC(=O)OCC(COC(=O)CCCCCCCCCCCCCCCCCCC/C=C\C/C=C\CCCCCCC)OC(=O)CCCCCCC/C=C\CCCCCCCCC. The van der Waals surface area contributed by atoms with Gasteiger partial charge >= 0.3 is 17.9 Å². The zero-order valence-electron chi connectivity index (χ0n) is 49.6. The van der Waals surface area contributed by atoms with Gasteiger partial charge in [0.2, 0.25) is 0 Å². The topological polar surface area (TPSA) is 78.9 Å². The summed E-state index contributed by atoms with van der Waals surface area (Å²) in [5.41, 5.74) is 0. The number of hydrogen-bond donors (Lipinski definition) is 0. The van der Waals surface area contributed by atoms with Crippen molar-refractivity contribution >= 4 is 17.9 Å². The number of carbonyl (C=O) groups is 3. The number of unbranched alkanes of at least 4 members (excludes halogenated alkanes) is 41. The van der Waals surface area contributed by atoms with Crippen molar-refractivity contribution in [3.05, 3.63) is 48.6 Å². The van der Waals surface area contributed by atoms with Gasteiger partial charge in [-0.05, 0) is 96.3 Å². The van der Waals surface area contributed by atoms with Crippen molar-refractivity contribution in [3.8, 4) is 0 Å². The summed E-state index contributed by atoms with van der Waals surface area (Å²) in [6.07, 6.45) is 78.5. The maximum atomic E-state index is 12.9. The average Bonchev–Trinajstić information content (AvgIpc) is 3.40. The summed E-state index contributed by atoms with van der Waals surface area (Å²) < 4.78 is 16.9. The molecule has 0 aliphatic rings. The fourth-order valence-electron chi connectivity index (χ4n) is 9.57. The molecule has 0 aromatic heterocycles. The zero-order chi connectivity index (χ0) is 53.6. The lowest BCUT2D eigenvalue weighted by molar-refractivity contribution is -0.167. The van der Waals surface area contributed by atoms with E-state index in [0.717, 1.165) is 77.0 Å². The van der Waals surface area contributed by atoms with E-state index in [4.69, 9.17) is 14.2 Å². The van der Waals surface area contributed by atoms with E-state index in [2.05, 4.69) is 69.4 Å². The minimum absolute atomic E-state index is 0.0759. The largest absolute Gasteiger partial charge is 0.462 e. The van der Waals surface area contributed by atoms with Gasteiger partial charge in [-0.2, -0.15) is 0 Å². The van der Waals surface area contributed by atoms with Crippen LogP contribution in [0.2, 0.25) is 0 Å². The number of carbonyl (C=O) groups excluding carboxylic acids is 3. The van der Waals surface area contributed by atoms with E-state index in [1.54, 1.807) is 0 Å². The monoisotopic (exact) mass is 1040 g/mol. The van der Waals surface area contributed by atoms with Crippen LogP contribution in [-0.2, 0) is 28.6 Å². The number of esters is 3. The summed E-state index contributed by atoms with van der Waals surface area (Å²) in [4.78, 5) is 38.2. The van der Waals surface area contributed by atoms with Crippen LogP contribution in [0.4, 0.5) is 0 Å². The average molecular weight is 1040 g/mol. The van der Waals surface area contributed by atoms with Crippen LogP contribution in [0.3, 0.4) is 0 Å². The van der Waals surface area contributed by atoms with Gasteiger partial charge < -0.3 is 14.2 Å². The van der Waals surface area contributed by atoms with Crippen LogP contribution in [0.5, 0.6) is 0 Å². The van der Waals surface area contributed by atoms with Gasteiger partial charge in [0.05, 0.1) is 0 Å². The number of hydrogen-bond acceptors (Lipinski definition) is 6. The number of allylic oxidation sites excluding steroid dienone is 8. The first-order valence-electron chi connectivity index (χ1n) is 32.6. The number of ether oxygens (including phenoxy) is 3. The molecule has 0 aromatic carbocycles. The lowest BCUT2D eigenvalue weighted by atomic mass is 10.0. The molecular weight excluding hydrogens is 913 g/mol. The summed E-state index contributed by atoms with van der Waals surface area (Å²) in [6.45, 7) is 6.62. The smallest absolute Gasteiger partial charge is 0.306 e. The summed E-state index contributed by atoms with van der Waals surface area (Å²) >= 11 is 0. The van der Waals surface area contributed by atoms with E-state index in [-0.39, 0.29) is 31.1 Å². The van der Waals surface area contributed by atoms with E-state index in [1.165, 1.54) is 231 Å². The van der Waals surface area contributed by atoms with Gasteiger partial charge in [-0.15, -0.1) is 0 Å². The lowest BCUT2D eigenvalue weighted by Crippen LogP contribution is -2.30. The highest BCUT2D eigenvalue weighted by atomic mass is 16.6. The van der Waals surface area contributed by atoms with E-state index in [0.29, 0.717) is 19.3 Å². The van der Waals surface area contributed by atoms with E-state index in [1.807, 2.05) is 0 Å². The van der Waals surface area contributed by atoms with Crippen LogP contribution in [0.15, 0.2) is 48.6 Å². The van der Waals surface area contributed by atoms with Gasteiger partial charge in [-0.25, -0.2) is 0 Å². The maximum Gasteiger partial charge on any atom is 0.306 e. The second kappa shape index (κ2) is 62.9. The molecule has 0 radical (unpaired) electrons. The molecule has 0 spiro atoms. The third kappa shape index (κ3) is 60.2. The van der Waals surface area contributed by atoms with Crippen molar-refractivity contribution < 1.29 is 28.6 Å². The maximum absolute atomic E-state index is 12.9. The van der Waals surface area contributed by atoms with Gasteiger partial charge in [-0.1, -0.05) is 281 Å². The molecule has 6 heteroatoms. The molecule has 0 N–H and O–H groups in total. The summed E-state index contributed by atoms with van der Waals surface area (Å²) in [6, 6.07) is 0. The Morgan fingerprint density at radius 3 is 0.797 bits per heavy atom. The van der Waals surface area contributed by atoms with Crippen LogP contribution in [0.1, 0.15) is 348 Å². The summed E-state index contributed by atoms with van der Waals surface area (Å²) in [5, 5.41) is 0. The Kier molecular flexibility index (Phi) is 60.7. The highest BCUT2D eigenvalue weighted by Gasteiger charge is 2.19. The minimum atomic E-state index is -0.779. The quantitative estimate of drug-likeness (QED) is 0.0261. The Balaban J connectivity index is 4.15. The van der Waals surface area contributed by atoms with Crippen LogP contribution < -0.4 is 0 Å². The molecule has 6 nitrogen and oxygen atoms in total. The van der Waals surface area contributed by atoms with Crippen molar-refractivity contribution in [2.75, 3.05) is 13.2 Å². The van der Waals surface area contributed by atoms with Crippen LogP contribution in [0.25, 0.3) is 0 Å². The molecule has 0 rings (SSSR count). The first-order chi connectivity index (χ1) is 36.5. The summed E-state index contributed by atoms with van der Waals surface area (Å²) in [7, 11) is 0. The third-order valence-electron chi connectivity index (χ3n) is 14.5. The zero-order valence-corrected chi connectivity index (χ0v) is 49.6. The van der Waals surface area contributed by atoms with Crippen LogP contribution >= 0.6 is 0 Å². The van der Waals surface area contributed by atoms with E-state index in [9.17, 15) is 14.4 Å². The molecule has 0 saturated heterocycles. The van der Waals surface area contributed by atoms with Gasteiger partial charge in [0.1, 0.15) is 13.2 Å². The Morgan fingerprint density at radius 2 is 0.500 bits per heavy atom. The molecule has 0 bridgehead atoms. The van der Waals surface area contributed by atoms with Gasteiger partial charge in [0, 0.05) is 19.3 Å². The van der Waals surface area contributed by atoms with E-state index >= 15 is 0 Å². The minimum Gasteiger partial charge on any atom is -0.462 e. The van der Waals surface area contributed by atoms with Crippen LogP contribution in [-0.4, -0.2) is 37.2 Å². The standard InChI is InChI=1S/C68H124O6/c1-4-7-10-13-16-19-22-24-26-28-29-30-31-32-33-34-35-36-37-38-39-40-42-43-46-49-52-55-58-61-67(70)73-64-65(63-72-66(69)60-57-54-51-48-45-21-18-15-12-9-6-3)74-68(71)62-59-56-53-50-47-44-41-27-25-23-20-17-14-11-8-5-2/h15,18,22,24,27-29,41,65H,4-14,16-17,19-21,23,25-26,30-40,42-64H2,1-3H3/b18-15-,24-22-,29-28-,41-27-. The highest BCUT2D eigenvalue weighted by molar-refractivity contribution is 5.71. The Hall–Kier alpha value is -2.63. The molecule has 1 atom stereocenters. The molecule has 74 heavy (non-hydrogen) atoms. The molecule has 0 aliphatic carbocycles. The second-order valence-corrected chi connectivity index (χ2v) is 22.0. The van der Waals surface area contributed by atoms with Crippen molar-refractivity contribution in [3.63, 3.8) is 0 Å². The normalized spacial score (nSPS) is 12.3. The van der Waals surface area contributed by atoms with Crippen molar-refractivity contribution in [2.45, 2.75) is 354 Å².